The summed E-state index contributed by atoms with van der Waals surface area (Å²) in [5.41, 5.74) is 18.2. The van der Waals surface area contributed by atoms with Gasteiger partial charge in [-0.2, -0.15) is 0 Å². The zero-order valence-electron chi connectivity index (χ0n) is 49.5. The first kappa shape index (κ1) is 68.6. The first-order valence-corrected chi connectivity index (χ1v) is 33.5. The molecule has 0 unspecified atom stereocenters. The fourth-order valence-electron chi connectivity index (χ4n) is 10.1. The van der Waals surface area contributed by atoms with Gasteiger partial charge in [0.2, 0.25) is 0 Å². The number of hydrogen-bond acceptors (Lipinski definition) is 0. The molecule has 0 N–H and O–H groups in total. The zero-order chi connectivity index (χ0) is 52.8. The molecule has 0 spiro atoms. The van der Waals surface area contributed by atoms with Crippen LogP contribution in [-0.2, 0) is 27.3 Å². The van der Waals surface area contributed by atoms with E-state index < -0.39 is 0 Å². The second kappa shape index (κ2) is 54.4. The van der Waals surface area contributed by atoms with Crippen molar-refractivity contribution in [2.45, 2.75) is 335 Å². The molecule has 0 saturated heterocycles. The fraction of sp³-hybridized carbons (Fsp3) is 0.743. The molecule has 73 heavy (non-hydrogen) atoms. The van der Waals surface area contributed by atoms with Crippen LogP contribution in [-0.4, -0.2) is 10.7 Å². The Morgan fingerprint density at radius 3 is 1.29 bits per heavy atom. The van der Waals surface area contributed by atoms with Crippen molar-refractivity contribution in [1.82, 2.24) is 0 Å². The van der Waals surface area contributed by atoms with Crippen LogP contribution in [0, 0.1) is 0 Å². The fourth-order valence-corrected chi connectivity index (χ4v) is 11.3. The second-order valence-electron chi connectivity index (χ2n) is 21.8. The van der Waals surface area contributed by atoms with Crippen LogP contribution in [0.2, 0.25) is 10.8 Å². The van der Waals surface area contributed by atoms with Crippen LogP contribution in [0.1, 0.15) is 333 Å². The molecule has 0 saturated carbocycles. The van der Waals surface area contributed by atoms with E-state index in [0.717, 1.165) is 44.1 Å². The van der Waals surface area contributed by atoms with Crippen LogP contribution in [0.4, 0.5) is 0 Å². The van der Waals surface area contributed by atoms with Gasteiger partial charge in [0.1, 0.15) is 5.57 Å². The minimum absolute atomic E-state index is 0.894. The van der Waals surface area contributed by atoms with Crippen LogP contribution in [0.15, 0.2) is 71.8 Å². The normalized spacial score (nSPS) is 11.7. The molecular weight excluding hydrogens is 927 g/mol. The Balaban J connectivity index is 0.000000745. The molecular formula is C70H120N2Ni. The summed E-state index contributed by atoms with van der Waals surface area (Å²) in [6.07, 6.45) is 64.5. The maximum atomic E-state index is 9.65. The summed E-state index contributed by atoms with van der Waals surface area (Å²) >= 11 is 2.04. The van der Waals surface area contributed by atoms with E-state index in [1.54, 1.807) is 0 Å². The van der Waals surface area contributed by atoms with Gasteiger partial charge in [-0.1, -0.05) is 186 Å². The Hall–Kier alpha value is -2.43. The van der Waals surface area contributed by atoms with Gasteiger partial charge in [-0.05, 0) is 90.8 Å². The third-order valence-corrected chi connectivity index (χ3v) is 16.2. The maximum absolute atomic E-state index is 9.65. The number of allylic oxidation sites excluding steroid dienone is 4. The van der Waals surface area contributed by atoms with Crippen molar-refractivity contribution in [3.8, 4) is 0 Å². The molecule has 0 heterocycles. The molecule has 2 aromatic carbocycles. The Labute approximate surface area is 462 Å². The molecule has 0 radical (unpaired) electrons. The van der Waals surface area contributed by atoms with Gasteiger partial charge in [0.05, 0.1) is 0 Å². The molecule has 2 aromatic rings. The molecule has 0 fully saturated rings. The van der Waals surface area contributed by atoms with E-state index in [4.69, 9.17) is 0 Å². The van der Waals surface area contributed by atoms with E-state index in [-0.39, 0.29) is 0 Å². The van der Waals surface area contributed by atoms with Crippen molar-refractivity contribution in [3.05, 3.63) is 99.6 Å². The smallest absolute Gasteiger partial charge is 0.0654 e. The third kappa shape index (κ3) is 40.5. The van der Waals surface area contributed by atoms with Crippen LogP contribution in [0.25, 0.3) is 11.1 Å². The number of aryl methyl sites for hydroxylation is 2. The zero-order valence-corrected chi connectivity index (χ0v) is 50.5. The molecule has 2 rings (SSSR count). The van der Waals surface area contributed by atoms with Crippen molar-refractivity contribution >= 4 is 11.4 Å². The molecule has 0 atom stereocenters. The summed E-state index contributed by atoms with van der Waals surface area (Å²) in [4.78, 5) is 3.42. The monoisotopic (exact) mass is 1050 g/mol. The molecule has 0 aliphatic carbocycles. The minimum atomic E-state index is 0.894. The van der Waals surface area contributed by atoms with E-state index in [1.807, 2.05) is 14.4 Å². The summed E-state index contributed by atoms with van der Waals surface area (Å²) in [7, 11) is 0. The summed E-state index contributed by atoms with van der Waals surface area (Å²) in [6.45, 7) is 13.6. The van der Waals surface area contributed by atoms with Crippen LogP contribution < -0.4 is 0 Å². The van der Waals surface area contributed by atoms with Gasteiger partial charge in [-0.15, -0.1) is 4.79 Å². The quantitative estimate of drug-likeness (QED) is 0.0158. The summed E-state index contributed by atoms with van der Waals surface area (Å²) in [6, 6.07) is 18.3. The summed E-state index contributed by atoms with van der Waals surface area (Å²) in [5.74, 6) is 2.97. The molecule has 0 aliphatic heterocycles. The number of rotatable bonds is 50. The van der Waals surface area contributed by atoms with Crippen molar-refractivity contribution in [3.63, 3.8) is 0 Å². The van der Waals surface area contributed by atoms with Crippen LogP contribution in [0.5, 0.6) is 0 Å². The van der Waals surface area contributed by atoms with Crippen molar-refractivity contribution < 1.29 is 19.2 Å². The van der Waals surface area contributed by atoms with Crippen LogP contribution >= 0.6 is 0 Å². The molecule has 0 bridgehead atoms. The number of benzene rings is 2. The molecule has 2 nitrogen and oxygen atoms in total. The van der Waals surface area contributed by atoms with Gasteiger partial charge in [-0.3, -0.25) is 0 Å². The standard InChI is InChI=1S/C38H54N2.2C16H33.Ni/c1-5-9-13-14-15-16-18-23-36(31-40-39)37(25-12-8-4)38(35-24-19-22-33(30-35)20-11-7-3)34-28-26-32(27-29-34)21-17-10-6-2;2*1-3-5-7-9-11-13-15-16-14-12-10-8-6-4-2;/h18-19,22-24,26-30H,5-17,20-21,25H2,1-4H3;2*1,3-16H2,2H3;. The molecule has 3 heteroatoms. The number of hydrogen-bond donors (Lipinski definition) is 0. The molecule has 420 valence electrons. The molecule has 0 amide bonds. The number of nitrogens with zero attached hydrogens (tertiary/aromatic N) is 2. The summed E-state index contributed by atoms with van der Waals surface area (Å²) < 4.78 is 0. The van der Waals surface area contributed by atoms with Crippen LogP contribution in [0.3, 0.4) is 0 Å². The van der Waals surface area contributed by atoms with Crippen molar-refractivity contribution in [1.29, 1.82) is 0 Å². The van der Waals surface area contributed by atoms with Crippen molar-refractivity contribution in [2.75, 3.05) is 0 Å². The van der Waals surface area contributed by atoms with E-state index in [2.05, 4.69) is 113 Å². The van der Waals surface area contributed by atoms with Gasteiger partial charge < -0.3 is 5.53 Å². The second-order valence-corrected chi connectivity index (χ2v) is 23.3. The van der Waals surface area contributed by atoms with Gasteiger partial charge in [0.25, 0.3) is 0 Å². The molecule has 0 aliphatic rings. The number of unbranched alkanes of at least 4 members (excludes halogenated alkanes) is 35. The average Bonchev–Trinajstić information content (AvgIpc) is 3.41. The van der Waals surface area contributed by atoms with Gasteiger partial charge in [0, 0.05) is 0 Å². The first-order chi connectivity index (χ1) is 36.1. The van der Waals surface area contributed by atoms with E-state index in [0.29, 0.717) is 0 Å². The predicted molar refractivity (Wildman–Crippen MR) is 325 cm³/mol. The van der Waals surface area contributed by atoms with Gasteiger partial charge >= 0.3 is 172 Å². The first-order valence-electron chi connectivity index (χ1n) is 32.1. The SMILES string of the molecule is CCCCCCCC=CC(=C=[N+]=[N-])C(CCCC)=C(c1ccc(CCCCC)cc1)c1cccc(CCCC)c1.CCCCCCCCCCCCCCC[CH2][Ni][CH2]CCCCCCCCCCCCCCC. The topological polar surface area (TPSA) is 36.4 Å². The Morgan fingerprint density at radius 2 is 0.836 bits per heavy atom. The predicted octanol–water partition coefficient (Wildman–Crippen LogP) is 24.4. The molecule has 0 aromatic heterocycles. The third-order valence-electron chi connectivity index (χ3n) is 14.8. The Morgan fingerprint density at radius 1 is 0.425 bits per heavy atom. The van der Waals surface area contributed by atoms with Crippen molar-refractivity contribution in [2.24, 2.45) is 0 Å². The summed E-state index contributed by atoms with van der Waals surface area (Å²) in [5, 5.41) is 2.87. The van der Waals surface area contributed by atoms with E-state index >= 15 is 0 Å². The van der Waals surface area contributed by atoms with E-state index in [1.165, 1.54) is 288 Å². The minimum Gasteiger partial charge on any atom is -0.0654 e. The Bertz CT molecular complexity index is 1610. The Kier molecular flexibility index (Phi) is 51.1. The average molecular weight is 1050 g/mol. The van der Waals surface area contributed by atoms with E-state index in [9.17, 15) is 5.53 Å². The van der Waals surface area contributed by atoms with Gasteiger partial charge in [0.15, 0.2) is 0 Å². The van der Waals surface area contributed by atoms with Gasteiger partial charge in [-0.25, -0.2) is 0 Å².